The lowest BCUT2D eigenvalue weighted by Gasteiger charge is -2.47. The van der Waals surface area contributed by atoms with Crippen molar-refractivity contribution in [1.29, 1.82) is 0 Å². The maximum atomic E-state index is 3.61. The Labute approximate surface area is 126 Å². The molecule has 0 aromatic heterocycles. The highest BCUT2D eigenvalue weighted by molar-refractivity contribution is 4.95. The number of nitrogens with one attached hydrogen (secondary N) is 1. The molecule has 2 aliphatic carbocycles. The Balaban J connectivity index is 2.04. The maximum Gasteiger partial charge on any atom is 0.0252 e. The molecule has 2 nitrogen and oxygen atoms in total. The predicted octanol–water partition coefficient (Wildman–Crippen LogP) is 3.91. The van der Waals surface area contributed by atoms with Crippen molar-refractivity contribution in [2.45, 2.75) is 78.3 Å². The molecule has 118 valence electrons. The van der Waals surface area contributed by atoms with E-state index >= 15 is 0 Å². The van der Waals surface area contributed by atoms with Crippen LogP contribution in [0.1, 0.15) is 66.2 Å². The molecule has 0 spiro atoms. The zero-order valence-corrected chi connectivity index (χ0v) is 14.4. The molecule has 0 saturated heterocycles. The molecule has 0 radical (unpaired) electrons. The molecular formula is C18H36N2. The molecule has 2 saturated carbocycles. The molecular weight excluding hydrogens is 244 g/mol. The standard InChI is InChI=1S/C18H36N2/c1-6-18(3,4)15-10-11-16(19-5)17(12-15)20(7-2)13-14-8-9-14/h14-17,19H,6-13H2,1-5H3. The molecule has 0 heterocycles. The molecule has 1 N–H and O–H groups in total. The Hall–Kier alpha value is -0.0800. The molecule has 2 rings (SSSR count). The van der Waals surface area contributed by atoms with Gasteiger partial charge in [-0.3, -0.25) is 4.90 Å². The minimum atomic E-state index is 0.510. The summed E-state index contributed by atoms with van der Waals surface area (Å²) in [5.74, 6) is 1.90. The van der Waals surface area contributed by atoms with Gasteiger partial charge >= 0.3 is 0 Å². The third-order valence-corrected chi connectivity index (χ3v) is 6.27. The van der Waals surface area contributed by atoms with Crippen LogP contribution in [-0.4, -0.2) is 37.1 Å². The van der Waals surface area contributed by atoms with Crippen LogP contribution in [0.4, 0.5) is 0 Å². The fourth-order valence-electron chi connectivity index (χ4n) is 4.02. The Morgan fingerprint density at radius 2 is 1.80 bits per heavy atom. The molecule has 3 atom stereocenters. The van der Waals surface area contributed by atoms with E-state index < -0.39 is 0 Å². The molecule has 2 fully saturated rings. The normalized spacial score (nSPS) is 31.8. The van der Waals surface area contributed by atoms with Crippen LogP contribution in [0.2, 0.25) is 0 Å². The van der Waals surface area contributed by atoms with Crippen LogP contribution in [0.5, 0.6) is 0 Å². The van der Waals surface area contributed by atoms with Crippen LogP contribution < -0.4 is 5.32 Å². The van der Waals surface area contributed by atoms with E-state index in [1.807, 2.05) is 0 Å². The third kappa shape index (κ3) is 3.76. The Morgan fingerprint density at radius 3 is 2.30 bits per heavy atom. The first-order chi connectivity index (χ1) is 9.51. The van der Waals surface area contributed by atoms with Crippen molar-refractivity contribution in [3.8, 4) is 0 Å². The van der Waals surface area contributed by atoms with Crippen molar-refractivity contribution in [2.75, 3.05) is 20.1 Å². The van der Waals surface area contributed by atoms with Crippen molar-refractivity contribution in [1.82, 2.24) is 10.2 Å². The van der Waals surface area contributed by atoms with Crippen molar-refractivity contribution in [3.05, 3.63) is 0 Å². The van der Waals surface area contributed by atoms with Crippen molar-refractivity contribution in [2.24, 2.45) is 17.3 Å². The van der Waals surface area contributed by atoms with Crippen LogP contribution >= 0.6 is 0 Å². The van der Waals surface area contributed by atoms with Crippen LogP contribution in [0.25, 0.3) is 0 Å². The number of rotatable bonds is 7. The highest BCUT2D eigenvalue weighted by atomic mass is 15.2. The fraction of sp³-hybridized carbons (Fsp3) is 1.00. The van der Waals surface area contributed by atoms with Gasteiger partial charge in [-0.15, -0.1) is 0 Å². The van der Waals surface area contributed by atoms with E-state index in [9.17, 15) is 0 Å². The van der Waals surface area contributed by atoms with E-state index in [0.717, 1.165) is 17.9 Å². The highest BCUT2D eigenvalue weighted by Crippen LogP contribution is 2.42. The third-order valence-electron chi connectivity index (χ3n) is 6.27. The van der Waals surface area contributed by atoms with Crippen LogP contribution in [0, 0.1) is 17.3 Å². The lowest BCUT2D eigenvalue weighted by molar-refractivity contribution is 0.0520. The summed E-state index contributed by atoms with van der Waals surface area (Å²) in [6.45, 7) is 12.2. The molecule has 0 aliphatic heterocycles. The Kier molecular flexibility index (Phi) is 5.53. The molecule has 3 unspecified atom stereocenters. The van der Waals surface area contributed by atoms with Gasteiger partial charge in [0.15, 0.2) is 0 Å². The maximum absolute atomic E-state index is 3.61. The lowest BCUT2D eigenvalue weighted by atomic mass is 9.67. The second-order valence-electron chi connectivity index (χ2n) is 7.85. The van der Waals surface area contributed by atoms with E-state index in [1.165, 1.54) is 51.6 Å². The van der Waals surface area contributed by atoms with E-state index in [-0.39, 0.29) is 0 Å². The largest absolute Gasteiger partial charge is 0.315 e. The van der Waals surface area contributed by atoms with E-state index in [0.29, 0.717) is 11.5 Å². The topological polar surface area (TPSA) is 15.3 Å². The van der Waals surface area contributed by atoms with Gasteiger partial charge in [-0.2, -0.15) is 0 Å². The summed E-state index contributed by atoms with van der Waals surface area (Å²) in [6.07, 6.45) is 8.41. The fourth-order valence-corrected chi connectivity index (χ4v) is 4.02. The molecule has 0 bridgehead atoms. The second kappa shape index (κ2) is 6.79. The number of nitrogens with zero attached hydrogens (tertiary/aromatic N) is 1. The first-order valence-electron chi connectivity index (χ1n) is 8.93. The summed E-state index contributed by atoms with van der Waals surface area (Å²) in [7, 11) is 2.16. The summed E-state index contributed by atoms with van der Waals surface area (Å²) in [4.78, 5) is 2.79. The average Bonchev–Trinajstić information content (AvgIpc) is 3.28. The highest BCUT2D eigenvalue weighted by Gasteiger charge is 2.39. The molecule has 2 aliphatic rings. The van der Waals surface area contributed by atoms with Crippen molar-refractivity contribution < 1.29 is 0 Å². The average molecular weight is 280 g/mol. The first kappa shape index (κ1) is 16.3. The lowest BCUT2D eigenvalue weighted by Crippen LogP contribution is -2.54. The molecule has 0 aromatic rings. The van der Waals surface area contributed by atoms with Gasteiger partial charge in [-0.1, -0.05) is 34.1 Å². The minimum absolute atomic E-state index is 0.510. The summed E-state index contributed by atoms with van der Waals surface area (Å²) < 4.78 is 0. The quantitative estimate of drug-likeness (QED) is 0.760. The monoisotopic (exact) mass is 280 g/mol. The summed E-state index contributed by atoms with van der Waals surface area (Å²) in [5, 5.41) is 3.61. The molecule has 0 amide bonds. The molecule has 0 aromatic carbocycles. The SMILES string of the molecule is CCN(CC1CC1)C1CC(C(C)(C)CC)CCC1NC. The number of hydrogen-bond acceptors (Lipinski definition) is 2. The van der Waals surface area contributed by atoms with Gasteiger partial charge in [-0.05, 0) is 62.9 Å². The van der Waals surface area contributed by atoms with Gasteiger partial charge in [0.25, 0.3) is 0 Å². The smallest absolute Gasteiger partial charge is 0.0252 e. The van der Waals surface area contributed by atoms with E-state index in [2.05, 4.69) is 45.0 Å². The van der Waals surface area contributed by atoms with E-state index in [4.69, 9.17) is 0 Å². The van der Waals surface area contributed by atoms with Gasteiger partial charge in [-0.25, -0.2) is 0 Å². The van der Waals surface area contributed by atoms with Gasteiger partial charge in [0.05, 0.1) is 0 Å². The Morgan fingerprint density at radius 1 is 1.10 bits per heavy atom. The van der Waals surface area contributed by atoms with Crippen molar-refractivity contribution in [3.63, 3.8) is 0 Å². The van der Waals surface area contributed by atoms with Crippen molar-refractivity contribution >= 4 is 0 Å². The second-order valence-corrected chi connectivity index (χ2v) is 7.85. The van der Waals surface area contributed by atoms with Gasteiger partial charge in [0.1, 0.15) is 0 Å². The summed E-state index contributed by atoms with van der Waals surface area (Å²) in [6, 6.07) is 1.47. The van der Waals surface area contributed by atoms with Gasteiger partial charge < -0.3 is 5.32 Å². The van der Waals surface area contributed by atoms with E-state index in [1.54, 1.807) is 0 Å². The number of hydrogen-bond donors (Lipinski definition) is 1. The minimum Gasteiger partial charge on any atom is -0.315 e. The zero-order valence-electron chi connectivity index (χ0n) is 14.4. The summed E-state index contributed by atoms with van der Waals surface area (Å²) >= 11 is 0. The summed E-state index contributed by atoms with van der Waals surface area (Å²) in [5.41, 5.74) is 0.510. The molecule has 2 heteroatoms. The van der Waals surface area contributed by atoms with Gasteiger partial charge in [0, 0.05) is 18.6 Å². The first-order valence-corrected chi connectivity index (χ1v) is 8.93. The van der Waals surface area contributed by atoms with Crippen LogP contribution in [0.15, 0.2) is 0 Å². The van der Waals surface area contributed by atoms with Gasteiger partial charge in [0.2, 0.25) is 0 Å². The zero-order chi connectivity index (χ0) is 14.8. The van der Waals surface area contributed by atoms with Crippen LogP contribution in [0.3, 0.4) is 0 Å². The van der Waals surface area contributed by atoms with Crippen LogP contribution in [-0.2, 0) is 0 Å². The Bertz CT molecular complexity index is 296. The number of likely N-dealkylation sites (N-methyl/N-ethyl adjacent to an activating group) is 2. The predicted molar refractivity (Wildman–Crippen MR) is 88.0 cm³/mol. The molecule has 20 heavy (non-hydrogen) atoms.